The van der Waals surface area contributed by atoms with E-state index >= 15 is 0 Å². The van der Waals surface area contributed by atoms with Crippen LogP contribution >= 0.6 is 0 Å². The van der Waals surface area contributed by atoms with Gasteiger partial charge in [0.05, 0.1) is 0 Å². The predicted octanol–water partition coefficient (Wildman–Crippen LogP) is -0.778. The average molecular weight is 172 g/mol. The third kappa shape index (κ3) is 2.79. The van der Waals surface area contributed by atoms with E-state index in [1.807, 2.05) is 0 Å². The second-order valence-corrected chi connectivity index (χ2v) is 3.37. The molecule has 0 aromatic carbocycles. The van der Waals surface area contributed by atoms with Crippen molar-refractivity contribution in [3.8, 4) is 0 Å². The molecule has 4 nitrogen and oxygen atoms in total. The van der Waals surface area contributed by atoms with Crippen molar-refractivity contribution in [3.05, 3.63) is 0 Å². The van der Waals surface area contributed by atoms with Crippen molar-refractivity contribution >= 4 is 5.91 Å². The molecule has 0 aliphatic heterocycles. The Balaban J connectivity index is 1.97. The van der Waals surface area contributed by atoms with Gasteiger partial charge in [-0.25, -0.2) is 0 Å². The smallest absolute Gasteiger partial charge is 0.247 e. The van der Waals surface area contributed by atoms with Gasteiger partial charge >= 0.3 is 0 Å². The number of carbonyl (C=O) groups is 1. The zero-order valence-corrected chi connectivity index (χ0v) is 7.12. The Kier molecular flexibility index (Phi) is 3.49. The van der Waals surface area contributed by atoms with Crippen molar-refractivity contribution in [2.24, 2.45) is 11.7 Å². The summed E-state index contributed by atoms with van der Waals surface area (Å²) in [6.45, 7) is 1.18. The molecule has 0 bridgehead atoms. The number of aliphatic hydroxyl groups is 1. The Morgan fingerprint density at radius 2 is 2.33 bits per heavy atom. The van der Waals surface area contributed by atoms with E-state index in [1.54, 1.807) is 0 Å². The zero-order chi connectivity index (χ0) is 8.97. The molecule has 0 radical (unpaired) electrons. The lowest BCUT2D eigenvalue weighted by Crippen LogP contribution is -2.40. The molecule has 0 aromatic heterocycles. The molecule has 0 aromatic rings. The quantitative estimate of drug-likeness (QED) is 0.509. The minimum atomic E-state index is -1.04. The molecule has 0 spiro atoms. The van der Waals surface area contributed by atoms with E-state index in [4.69, 9.17) is 10.8 Å². The number of hydrogen-bond acceptors (Lipinski definition) is 3. The highest BCUT2D eigenvalue weighted by atomic mass is 16.3. The minimum Gasteiger partial charge on any atom is -0.382 e. The van der Waals surface area contributed by atoms with Gasteiger partial charge in [-0.15, -0.1) is 0 Å². The van der Waals surface area contributed by atoms with E-state index in [0.717, 1.165) is 12.5 Å². The molecule has 0 saturated heterocycles. The van der Waals surface area contributed by atoms with Crippen molar-refractivity contribution in [3.63, 3.8) is 0 Å². The standard InChI is InChI=1S/C8H16N2O2/c9-8(12)7(11)5-10-4-6-2-1-3-6/h6-7,10-11H,1-5H2,(H2,9,12). The van der Waals surface area contributed by atoms with Crippen LogP contribution in [0.1, 0.15) is 19.3 Å². The molecule has 1 unspecified atom stereocenters. The fourth-order valence-corrected chi connectivity index (χ4v) is 1.22. The maximum Gasteiger partial charge on any atom is 0.247 e. The van der Waals surface area contributed by atoms with Crippen LogP contribution in [-0.2, 0) is 4.79 Å². The fraction of sp³-hybridized carbons (Fsp3) is 0.875. The second-order valence-electron chi connectivity index (χ2n) is 3.37. The van der Waals surface area contributed by atoms with E-state index in [1.165, 1.54) is 19.3 Å². The third-order valence-corrected chi connectivity index (χ3v) is 2.32. The normalized spacial score (nSPS) is 20.1. The highest BCUT2D eigenvalue weighted by molar-refractivity contribution is 5.78. The number of hydrogen-bond donors (Lipinski definition) is 3. The SMILES string of the molecule is NC(=O)C(O)CNCC1CCC1. The first kappa shape index (κ1) is 9.48. The van der Waals surface area contributed by atoms with Gasteiger partial charge in [-0.05, 0) is 25.3 Å². The lowest BCUT2D eigenvalue weighted by atomic mass is 9.85. The molecule has 0 heterocycles. The first-order chi connectivity index (χ1) is 5.70. The molecule has 4 N–H and O–H groups in total. The molecule has 1 rings (SSSR count). The van der Waals surface area contributed by atoms with Crippen molar-refractivity contribution in [1.29, 1.82) is 0 Å². The number of carbonyl (C=O) groups excluding carboxylic acids is 1. The van der Waals surface area contributed by atoms with E-state index in [-0.39, 0.29) is 6.54 Å². The Hall–Kier alpha value is -0.610. The summed E-state index contributed by atoms with van der Waals surface area (Å²) in [5, 5.41) is 12.0. The number of primary amides is 1. The molecule has 1 amide bonds. The summed E-state index contributed by atoms with van der Waals surface area (Å²) < 4.78 is 0. The first-order valence-corrected chi connectivity index (χ1v) is 4.38. The van der Waals surface area contributed by atoms with Crippen molar-refractivity contribution in [2.45, 2.75) is 25.4 Å². The zero-order valence-electron chi connectivity index (χ0n) is 7.12. The number of nitrogens with two attached hydrogens (primary N) is 1. The number of rotatable bonds is 5. The third-order valence-electron chi connectivity index (χ3n) is 2.32. The maximum atomic E-state index is 10.4. The van der Waals surface area contributed by atoms with Crippen molar-refractivity contribution < 1.29 is 9.90 Å². The van der Waals surface area contributed by atoms with Crippen LogP contribution in [-0.4, -0.2) is 30.2 Å². The van der Waals surface area contributed by atoms with Gasteiger partial charge in [-0.3, -0.25) is 4.79 Å². The van der Waals surface area contributed by atoms with Gasteiger partial charge in [0.15, 0.2) is 0 Å². The molecule has 1 aliphatic carbocycles. The second kappa shape index (κ2) is 4.42. The van der Waals surface area contributed by atoms with Gasteiger partial charge in [-0.1, -0.05) is 6.42 Å². The Labute approximate surface area is 72.1 Å². The van der Waals surface area contributed by atoms with E-state index in [9.17, 15) is 4.79 Å². The lowest BCUT2D eigenvalue weighted by Gasteiger charge is -2.25. The highest BCUT2D eigenvalue weighted by Crippen LogP contribution is 2.24. The summed E-state index contributed by atoms with van der Waals surface area (Å²) in [6.07, 6.45) is 2.80. The summed E-state index contributed by atoms with van der Waals surface area (Å²) in [5.74, 6) is 0.0844. The Bertz CT molecular complexity index is 157. The molecular weight excluding hydrogens is 156 g/mol. The van der Waals surface area contributed by atoms with Gasteiger partial charge in [-0.2, -0.15) is 0 Å². The Morgan fingerprint density at radius 1 is 1.67 bits per heavy atom. The topological polar surface area (TPSA) is 75.4 Å². The van der Waals surface area contributed by atoms with E-state index in [2.05, 4.69) is 5.32 Å². The largest absolute Gasteiger partial charge is 0.382 e. The predicted molar refractivity (Wildman–Crippen MR) is 45.4 cm³/mol. The Morgan fingerprint density at radius 3 is 2.75 bits per heavy atom. The van der Waals surface area contributed by atoms with Crippen LogP contribution < -0.4 is 11.1 Å². The summed E-state index contributed by atoms with van der Waals surface area (Å²) >= 11 is 0. The first-order valence-electron chi connectivity index (χ1n) is 4.38. The molecular formula is C8H16N2O2. The molecule has 1 saturated carbocycles. The van der Waals surface area contributed by atoms with Gasteiger partial charge in [0.1, 0.15) is 6.10 Å². The molecule has 1 aliphatic rings. The van der Waals surface area contributed by atoms with Crippen LogP contribution in [0.2, 0.25) is 0 Å². The summed E-state index contributed by atoms with van der Waals surface area (Å²) in [6, 6.07) is 0. The summed E-state index contributed by atoms with van der Waals surface area (Å²) in [4.78, 5) is 10.4. The van der Waals surface area contributed by atoms with Crippen LogP contribution in [0.3, 0.4) is 0 Å². The van der Waals surface area contributed by atoms with Crippen LogP contribution in [0.5, 0.6) is 0 Å². The number of aliphatic hydroxyl groups excluding tert-OH is 1. The monoisotopic (exact) mass is 172 g/mol. The van der Waals surface area contributed by atoms with Crippen LogP contribution in [0.25, 0.3) is 0 Å². The molecule has 70 valence electrons. The molecule has 4 heteroatoms. The minimum absolute atomic E-state index is 0.284. The van der Waals surface area contributed by atoms with Gasteiger partial charge in [0.2, 0.25) is 5.91 Å². The van der Waals surface area contributed by atoms with Crippen LogP contribution in [0, 0.1) is 5.92 Å². The average Bonchev–Trinajstić information content (AvgIpc) is 1.93. The molecule has 1 fully saturated rings. The van der Waals surface area contributed by atoms with Crippen LogP contribution in [0.4, 0.5) is 0 Å². The number of amides is 1. The van der Waals surface area contributed by atoms with Crippen molar-refractivity contribution in [2.75, 3.05) is 13.1 Å². The lowest BCUT2D eigenvalue weighted by molar-refractivity contribution is -0.125. The van der Waals surface area contributed by atoms with E-state index < -0.39 is 12.0 Å². The van der Waals surface area contributed by atoms with Gasteiger partial charge < -0.3 is 16.2 Å². The van der Waals surface area contributed by atoms with Crippen LogP contribution in [0.15, 0.2) is 0 Å². The van der Waals surface area contributed by atoms with E-state index in [0.29, 0.717) is 0 Å². The number of nitrogens with one attached hydrogen (secondary N) is 1. The molecule has 1 atom stereocenters. The van der Waals surface area contributed by atoms with Crippen molar-refractivity contribution in [1.82, 2.24) is 5.32 Å². The molecule has 12 heavy (non-hydrogen) atoms. The summed E-state index contributed by atoms with van der Waals surface area (Å²) in [5.41, 5.74) is 4.87. The summed E-state index contributed by atoms with van der Waals surface area (Å²) in [7, 11) is 0. The van der Waals surface area contributed by atoms with Gasteiger partial charge in [0.25, 0.3) is 0 Å². The van der Waals surface area contributed by atoms with Gasteiger partial charge in [0, 0.05) is 6.54 Å². The highest BCUT2D eigenvalue weighted by Gasteiger charge is 2.17. The maximum absolute atomic E-state index is 10.4. The fourth-order valence-electron chi connectivity index (χ4n) is 1.22.